The molecular formula is C17H19BrFN. The lowest BCUT2D eigenvalue weighted by molar-refractivity contribution is 0.554. The number of aryl methyl sites for hydroxylation is 1. The number of likely N-dealkylation sites (N-methyl/N-ethyl adjacent to an activating group) is 1. The fraction of sp³-hybridized carbons (Fsp3) is 0.294. The predicted molar refractivity (Wildman–Crippen MR) is 85.4 cm³/mol. The van der Waals surface area contributed by atoms with E-state index in [1.54, 1.807) is 0 Å². The van der Waals surface area contributed by atoms with E-state index in [2.05, 4.69) is 52.4 Å². The molecule has 0 spiro atoms. The first-order valence-electron chi connectivity index (χ1n) is 6.84. The second kappa shape index (κ2) is 7.00. The van der Waals surface area contributed by atoms with Crippen LogP contribution in [0, 0.1) is 5.82 Å². The largest absolute Gasteiger partial charge is 0.313 e. The Hall–Kier alpha value is -1.19. The maximum atomic E-state index is 13.9. The summed E-state index contributed by atoms with van der Waals surface area (Å²) in [5.74, 6) is -0.162. The summed E-state index contributed by atoms with van der Waals surface area (Å²) in [6.45, 7) is 2.14. The van der Waals surface area contributed by atoms with Crippen LogP contribution in [0.15, 0.2) is 46.9 Å². The molecule has 0 amide bonds. The molecule has 0 aliphatic carbocycles. The van der Waals surface area contributed by atoms with Crippen LogP contribution >= 0.6 is 15.9 Å². The van der Waals surface area contributed by atoms with Gasteiger partial charge >= 0.3 is 0 Å². The summed E-state index contributed by atoms with van der Waals surface area (Å²) >= 11 is 3.28. The van der Waals surface area contributed by atoms with Crippen molar-refractivity contribution in [3.63, 3.8) is 0 Å². The van der Waals surface area contributed by atoms with Gasteiger partial charge in [-0.05, 0) is 48.7 Å². The van der Waals surface area contributed by atoms with Gasteiger partial charge in [0.25, 0.3) is 0 Å². The molecule has 1 unspecified atom stereocenters. The molecular weight excluding hydrogens is 317 g/mol. The molecule has 0 fully saturated rings. The van der Waals surface area contributed by atoms with Crippen LogP contribution in [0.2, 0.25) is 0 Å². The van der Waals surface area contributed by atoms with Crippen molar-refractivity contribution >= 4 is 15.9 Å². The van der Waals surface area contributed by atoms with Crippen molar-refractivity contribution in [2.24, 2.45) is 0 Å². The van der Waals surface area contributed by atoms with Crippen molar-refractivity contribution in [1.29, 1.82) is 0 Å². The molecule has 2 rings (SSSR count). The Bertz CT molecular complexity index is 566. The zero-order chi connectivity index (χ0) is 14.5. The third kappa shape index (κ3) is 3.68. The van der Waals surface area contributed by atoms with E-state index >= 15 is 0 Å². The first-order valence-corrected chi connectivity index (χ1v) is 7.63. The van der Waals surface area contributed by atoms with Gasteiger partial charge in [0.2, 0.25) is 0 Å². The monoisotopic (exact) mass is 335 g/mol. The molecule has 0 saturated heterocycles. The van der Waals surface area contributed by atoms with Crippen LogP contribution in [-0.2, 0) is 12.8 Å². The Morgan fingerprint density at radius 3 is 2.40 bits per heavy atom. The molecule has 0 bridgehead atoms. The second-order valence-corrected chi connectivity index (χ2v) is 5.79. The highest BCUT2D eigenvalue weighted by atomic mass is 79.9. The maximum Gasteiger partial charge on any atom is 0.127 e. The first kappa shape index (κ1) is 15.2. The molecule has 0 aliphatic heterocycles. The highest BCUT2D eigenvalue weighted by Crippen LogP contribution is 2.22. The van der Waals surface area contributed by atoms with Crippen LogP contribution < -0.4 is 5.32 Å². The van der Waals surface area contributed by atoms with E-state index in [0.29, 0.717) is 6.42 Å². The van der Waals surface area contributed by atoms with Gasteiger partial charge in [-0.3, -0.25) is 0 Å². The van der Waals surface area contributed by atoms with Gasteiger partial charge in [-0.2, -0.15) is 0 Å². The lowest BCUT2D eigenvalue weighted by atomic mass is 9.97. The minimum Gasteiger partial charge on any atom is -0.313 e. The number of rotatable bonds is 5. The topological polar surface area (TPSA) is 12.0 Å². The van der Waals surface area contributed by atoms with E-state index in [1.807, 2.05) is 19.2 Å². The molecule has 0 radical (unpaired) electrons. The molecule has 0 heterocycles. The normalized spacial score (nSPS) is 12.4. The van der Waals surface area contributed by atoms with Gasteiger partial charge in [0.15, 0.2) is 0 Å². The first-order chi connectivity index (χ1) is 9.63. The van der Waals surface area contributed by atoms with Crippen molar-refractivity contribution in [3.8, 4) is 0 Å². The van der Waals surface area contributed by atoms with Crippen molar-refractivity contribution < 1.29 is 4.39 Å². The zero-order valence-corrected chi connectivity index (χ0v) is 13.4. The number of halogens is 2. The van der Waals surface area contributed by atoms with E-state index in [0.717, 1.165) is 16.5 Å². The molecule has 0 aliphatic rings. The van der Waals surface area contributed by atoms with E-state index in [-0.39, 0.29) is 11.9 Å². The number of benzene rings is 2. The summed E-state index contributed by atoms with van der Waals surface area (Å²) in [5, 5.41) is 3.27. The fourth-order valence-corrected chi connectivity index (χ4v) is 2.61. The third-order valence-corrected chi connectivity index (χ3v) is 4.07. The van der Waals surface area contributed by atoms with E-state index in [1.165, 1.54) is 17.2 Å². The summed E-state index contributed by atoms with van der Waals surface area (Å²) in [6, 6.07) is 13.9. The molecule has 0 saturated carbocycles. The molecule has 2 aromatic carbocycles. The molecule has 3 heteroatoms. The summed E-state index contributed by atoms with van der Waals surface area (Å²) < 4.78 is 14.7. The average Bonchev–Trinajstić information content (AvgIpc) is 2.47. The SMILES string of the molecule is CCc1ccc(C(Cc2ccc(Br)cc2F)NC)cc1. The summed E-state index contributed by atoms with van der Waals surface area (Å²) in [5.41, 5.74) is 3.23. The second-order valence-electron chi connectivity index (χ2n) is 4.88. The predicted octanol–water partition coefficient (Wildman–Crippen LogP) is 4.65. The van der Waals surface area contributed by atoms with Crippen LogP contribution in [0.4, 0.5) is 4.39 Å². The van der Waals surface area contributed by atoms with Gasteiger partial charge in [0.05, 0.1) is 0 Å². The molecule has 20 heavy (non-hydrogen) atoms. The molecule has 0 aromatic heterocycles. The Morgan fingerprint density at radius 2 is 1.85 bits per heavy atom. The van der Waals surface area contributed by atoms with E-state index < -0.39 is 0 Å². The minimum atomic E-state index is -0.162. The Balaban J connectivity index is 2.19. The number of hydrogen-bond acceptors (Lipinski definition) is 1. The lowest BCUT2D eigenvalue weighted by Crippen LogP contribution is -2.19. The molecule has 1 atom stereocenters. The Labute approximate surface area is 128 Å². The van der Waals surface area contributed by atoms with Gasteiger partial charge in [-0.1, -0.05) is 53.2 Å². The van der Waals surface area contributed by atoms with E-state index in [4.69, 9.17) is 0 Å². The van der Waals surface area contributed by atoms with Gasteiger partial charge in [0, 0.05) is 10.5 Å². The van der Waals surface area contributed by atoms with Crippen LogP contribution in [0.3, 0.4) is 0 Å². The highest BCUT2D eigenvalue weighted by Gasteiger charge is 2.13. The van der Waals surface area contributed by atoms with Crippen molar-refractivity contribution in [2.75, 3.05) is 7.05 Å². The van der Waals surface area contributed by atoms with Gasteiger partial charge in [-0.25, -0.2) is 4.39 Å². The molecule has 1 N–H and O–H groups in total. The smallest absolute Gasteiger partial charge is 0.127 e. The molecule has 106 valence electrons. The van der Waals surface area contributed by atoms with Crippen molar-refractivity contribution in [2.45, 2.75) is 25.8 Å². The molecule has 2 aromatic rings. The van der Waals surface area contributed by atoms with Crippen LogP contribution in [0.25, 0.3) is 0 Å². The summed E-state index contributed by atoms with van der Waals surface area (Å²) in [6.07, 6.45) is 1.67. The Kier molecular flexibility index (Phi) is 5.32. The summed E-state index contributed by atoms with van der Waals surface area (Å²) in [4.78, 5) is 0. The summed E-state index contributed by atoms with van der Waals surface area (Å²) in [7, 11) is 1.91. The van der Waals surface area contributed by atoms with Crippen molar-refractivity contribution in [1.82, 2.24) is 5.32 Å². The standard InChI is InChI=1S/C17H19BrFN/c1-3-12-4-6-13(7-5-12)17(20-2)10-14-8-9-15(18)11-16(14)19/h4-9,11,17,20H,3,10H2,1-2H3. The van der Waals surface area contributed by atoms with E-state index in [9.17, 15) is 4.39 Å². The van der Waals surface area contributed by atoms with Crippen LogP contribution in [-0.4, -0.2) is 7.05 Å². The number of hydrogen-bond donors (Lipinski definition) is 1. The fourth-order valence-electron chi connectivity index (χ4n) is 2.28. The quantitative estimate of drug-likeness (QED) is 0.838. The Morgan fingerprint density at radius 1 is 1.15 bits per heavy atom. The van der Waals surface area contributed by atoms with Gasteiger partial charge in [0.1, 0.15) is 5.82 Å². The van der Waals surface area contributed by atoms with Crippen LogP contribution in [0.5, 0.6) is 0 Å². The highest BCUT2D eigenvalue weighted by molar-refractivity contribution is 9.10. The van der Waals surface area contributed by atoms with Crippen molar-refractivity contribution in [3.05, 3.63) is 69.4 Å². The van der Waals surface area contributed by atoms with Gasteiger partial charge < -0.3 is 5.32 Å². The lowest BCUT2D eigenvalue weighted by Gasteiger charge is -2.17. The number of nitrogens with one attached hydrogen (secondary N) is 1. The third-order valence-electron chi connectivity index (χ3n) is 3.58. The van der Waals surface area contributed by atoms with Crippen LogP contribution in [0.1, 0.15) is 29.7 Å². The zero-order valence-electron chi connectivity index (χ0n) is 11.8. The van der Waals surface area contributed by atoms with Gasteiger partial charge in [-0.15, -0.1) is 0 Å². The molecule has 1 nitrogen and oxygen atoms in total. The average molecular weight is 336 g/mol. The maximum absolute atomic E-state index is 13.9. The minimum absolute atomic E-state index is 0.122.